The molecule has 6 heteroatoms. The molecule has 1 atom stereocenters. The minimum atomic E-state index is -0.472. The van der Waals surface area contributed by atoms with Crippen molar-refractivity contribution in [1.82, 2.24) is 14.9 Å². The number of rotatable bonds is 3. The van der Waals surface area contributed by atoms with Gasteiger partial charge in [0, 0.05) is 30.4 Å². The number of hydrogen-bond donors (Lipinski definition) is 2. The molecule has 2 aromatic carbocycles. The monoisotopic (exact) mass is 363 g/mol. The zero-order valence-corrected chi connectivity index (χ0v) is 14.6. The molecule has 27 heavy (non-hydrogen) atoms. The van der Waals surface area contributed by atoms with Crippen molar-refractivity contribution >= 4 is 11.4 Å². The number of hydrogen-bond acceptors (Lipinski definition) is 4. The molecule has 136 valence electrons. The first-order valence-electron chi connectivity index (χ1n) is 8.51. The summed E-state index contributed by atoms with van der Waals surface area (Å²) in [5.74, 6) is -0.335. The molecule has 5 nitrogen and oxygen atoms in total. The summed E-state index contributed by atoms with van der Waals surface area (Å²) in [4.78, 5) is 16.3. The molecule has 1 aliphatic rings. The van der Waals surface area contributed by atoms with Crippen molar-refractivity contribution in [2.75, 3.05) is 7.05 Å². The van der Waals surface area contributed by atoms with Crippen LogP contribution in [-0.4, -0.2) is 27.2 Å². The van der Waals surface area contributed by atoms with E-state index in [1.54, 1.807) is 18.2 Å². The fourth-order valence-corrected chi connectivity index (χ4v) is 3.48. The highest BCUT2D eigenvalue weighted by Gasteiger charge is 2.38. The van der Waals surface area contributed by atoms with Crippen molar-refractivity contribution in [3.63, 3.8) is 0 Å². The van der Waals surface area contributed by atoms with E-state index in [0.717, 1.165) is 16.2 Å². The molecule has 2 heterocycles. The van der Waals surface area contributed by atoms with Gasteiger partial charge in [0.1, 0.15) is 5.82 Å². The predicted octanol–water partition coefficient (Wildman–Crippen LogP) is 3.68. The van der Waals surface area contributed by atoms with Crippen LogP contribution < -0.4 is 5.56 Å². The van der Waals surface area contributed by atoms with Gasteiger partial charge in [0.15, 0.2) is 6.17 Å². The summed E-state index contributed by atoms with van der Waals surface area (Å²) in [6.07, 6.45) is 1.07. The smallest absolute Gasteiger partial charge is 0.248 e. The Labute approximate surface area is 155 Å². The average molecular weight is 363 g/mol. The maximum atomic E-state index is 13.4. The van der Waals surface area contributed by atoms with Crippen LogP contribution in [0.15, 0.2) is 77.7 Å². The number of aromatic amines is 1. The summed E-state index contributed by atoms with van der Waals surface area (Å²) in [5.41, 5.74) is 3.14. The summed E-state index contributed by atoms with van der Waals surface area (Å²) < 4.78 is 13.4. The molecule has 4 rings (SSSR count). The predicted molar refractivity (Wildman–Crippen MR) is 101 cm³/mol. The second-order valence-corrected chi connectivity index (χ2v) is 6.39. The van der Waals surface area contributed by atoms with Gasteiger partial charge in [-0.15, -0.1) is 0 Å². The van der Waals surface area contributed by atoms with Crippen LogP contribution in [0.5, 0.6) is 0 Å². The third kappa shape index (κ3) is 3.00. The minimum absolute atomic E-state index is 0.266. The van der Waals surface area contributed by atoms with Gasteiger partial charge in [0.2, 0.25) is 5.56 Å². The molecule has 1 unspecified atom stereocenters. The summed E-state index contributed by atoms with van der Waals surface area (Å²) in [6.45, 7) is 0. The third-order valence-corrected chi connectivity index (χ3v) is 4.67. The number of H-pyrrole nitrogens is 1. The standard InChI is InChI=1S/C21H18FN3O2/c1-24-19(14-7-9-17(22)10-8-14)20(16-11-12-23-18(26)13-16)25(27)21(24)15-5-3-2-4-6-15/h2-13,21,27H,1H3,(H,23,26). The highest BCUT2D eigenvalue weighted by Crippen LogP contribution is 2.45. The fraction of sp³-hybridized carbons (Fsp3) is 0.0952. The van der Waals surface area contributed by atoms with Gasteiger partial charge in [0.25, 0.3) is 0 Å². The van der Waals surface area contributed by atoms with E-state index in [2.05, 4.69) is 4.98 Å². The van der Waals surface area contributed by atoms with Gasteiger partial charge in [-0.2, -0.15) is 0 Å². The van der Waals surface area contributed by atoms with Crippen LogP contribution >= 0.6 is 0 Å². The van der Waals surface area contributed by atoms with Crippen LogP contribution in [0.1, 0.15) is 22.9 Å². The van der Waals surface area contributed by atoms with Crippen LogP contribution in [0.4, 0.5) is 4.39 Å². The van der Waals surface area contributed by atoms with Crippen molar-refractivity contribution < 1.29 is 9.60 Å². The quantitative estimate of drug-likeness (QED) is 0.745. The van der Waals surface area contributed by atoms with Gasteiger partial charge in [0.05, 0.1) is 11.4 Å². The fourth-order valence-electron chi connectivity index (χ4n) is 3.48. The van der Waals surface area contributed by atoms with E-state index in [4.69, 9.17) is 0 Å². The first-order chi connectivity index (χ1) is 13.1. The van der Waals surface area contributed by atoms with E-state index in [-0.39, 0.29) is 11.4 Å². The van der Waals surface area contributed by atoms with Crippen LogP contribution in [0, 0.1) is 5.82 Å². The Morgan fingerprint density at radius 2 is 1.67 bits per heavy atom. The number of nitrogens with one attached hydrogen (secondary N) is 1. The molecule has 1 aliphatic heterocycles. The van der Waals surface area contributed by atoms with Crippen molar-refractivity contribution in [2.24, 2.45) is 0 Å². The molecule has 0 spiro atoms. The third-order valence-electron chi connectivity index (χ3n) is 4.67. The molecule has 0 amide bonds. The first-order valence-corrected chi connectivity index (χ1v) is 8.51. The number of halogens is 1. The Kier molecular flexibility index (Phi) is 4.25. The van der Waals surface area contributed by atoms with Gasteiger partial charge < -0.3 is 9.88 Å². The van der Waals surface area contributed by atoms with E-state index in [9.17, 15) is 14.4 Å². The zero-order chi connectivity index (χ0) is 19.0. The zero-order valence-electron chi connectivity index (χ0n) is 14.6. The maximum Gasteiger partial charge on any atom is 0.248 e. The highest BCUT2D eigenvalue weighted by atomic mass is 19.1. The molecule has 2 N–H and O–H groups in total. The normalized spacial score (nSPS) is 16.9. The lowest BCUT2D eigenvalue weighted by molar-refractivity contribution is -0.0901. The summed E-state index contributed by atoms with van der Waals surface area (Å²) in [5, 5.41) is 12.2. The van der Waals surface area contributed by atoms with Gasteiger partial charge in [-0.1, -0.05) is 30.3 Å². The van der Waals surface area contributed by atoms with E-state index >= 15 is 0 Å². The molecular formula is C21H18FN3O2. The lowest BCUT2D eigenvalue weighted by Crippen LogP contribution is -2.28. The molecule has 0 saturated carbocycles. The second kappa shape index (κ2) is 6.74. The Morgan fingerprint density at radius 3 is 2.33 bits per heavy atom. The maximum absolute atomic E-state index is 13.4. The first kappa shape index (κ1) is 17.1. The van der Waals surface area contributed by atoms with Gasteiger partial charge in [-0.3, -0.25) is 10.0 Å². The van der Waals surface area contributed by atoms with E-state index < -0.39 is 6.17 Å². The molecule has 0 saturated heterocycles. The highest BCUT2D eigenvalue weighted by molar-refractivity contribution is 5.90. The van der Waals surface area contributed by atoms with Crippen LogP contribution in [0.25, 0.3) is 11.4 Å². The van der Waals surface area contributed by atoms with Crippen LogP contribution in [0.2, 0.25) is 0 Å². The SMILES string of the molecule is CN1C(c2ccc(F)cc2)=C(c2cc[nH]c(=O)c2)N(O)C1c1ccccc1. The molecule has 3 aromatic rings. The van der Waals surface area contributed by atoms with Gasteiger partial charge >= 0.3 is 0 Å². The average Bonchev–Trinajstić information content (AvgIpc) is 2.93. The number of hydroxylamine groups is 2. The number of nitrogens with zero attached hydrogens (tertiary/aromatic N) is 2. The van der Waals surface area contributed by atoms with Crippen molar-refractivity contribution in [3.8, 4) is 0 Å². The van der Waals surface area contributed by atoms with Gasteiger partial charge in [-0.25, -0.2) is 9.45 Å². The Hall–Kier alpha value is -3.38. The molecular weight excluding hydrogens is 345 g/mol. The molecule has 1 aromatic heterocycles. The number of aromatic nitrogens is 1. The Bertz CT molecular complexity index is 1040. The van der Waals surface area contributed by atoms with Crippen LogP contribution in [-0.2, 0) is 0 Å². The molecule has 0 fully saturated rings. The summed E-state index contributed by atoms with van der Waals surface area (Å²) in [7, 11) is 1.86. The van der Waals surface area contributed by atoms with E-state index in [0.29, 0.717) is 17.0 Å². The second-order valence-electron chi connectivity index (χ2n) is 6.39. The number of benzene rings is 2. The molecule has 0 bridgehead atoms. The Balaban J connectivity index is 1.92. The van der Waals surface area contributed by atoms with Crippen LogP contribution in [0.3, 0.4) is 0 Å². The van der Waals surface area contributed by atoms with E-state index in [1.807, 2.05) is 42.3 Å². The largest absolute Gasteiger partial charge is 0.346 e. The lowest BCUT2D eigenvalue weighted by atomic mass is 10.1. The topological polar surface area (TPSA) is 59.6 Å². The number of pyridine rings is 1. The summed E-state index contributed by atoms with van der Waals surface area (Å²) >= 11 is 0. The van der Waals surface area contributed by atoms with E-state index in [1.165, 1.54) is 24.4 Å². The van der Waals surface area contributed by atoms with Crippen molar-refractivity contribution in [3.05, 3.63) is 106 Å². The minimum Gasteiger partial charge on any atom is -0.346 e. The Morgan fingerprint density at radius 1 is 0.963 bits per heavy atom. The molecule has 0 aliphatic carbocycles. The summed E-state index contributed by atoms with van der Waals surface area (Å²) in [6, 6.07) is 18.8. The molecule has 0 radical (unpaired) electrons. The van der Waals surface area contributed by atoms with Gasteiger partial charge in [-0.05, 0) is 35.9 Å². The lowest BCUT2D eigenvalue weighted by Gasteiger charge is -2.28. The van der Waals surface area contributed by atoms with Crippen molar-refractivity contribution in [1.29, 1.82) is 0 Å². The van der Waals surface area contributed by atoms with Crippen molar-refractivity contribution in [2.45, 2.75) is 6.17 Å².